The Balaban J connectivity index is 2.19. The van der Waals surface area contributed by atoms with E-state index >= 15 is 0 Å². The number of nitrogens with one attached hydrogen (secondary N) is 1. The lowest BCUT2D eigenvalue weighted by Crippen LogP contribution is -2.26. The Kier molecular flexibility index (Phi) is 4.26. The van der Waals surface area contributed by atoms with Crippen LogP contribution in [0, 0.1) is 13.8 Å². The third kappa shape index (κ3) is 3.46. The normalized spacial score (nSPS) is 13.2. The summed E-state index contributed by atoms with van der Waals surface area (Å²) in [6.07, 6.45) is 0. The van der Waals surface area contributed by atoms with E-state index < -0.39 is 10.0 Å². The van der Waals surface area contributed by atoms with E-state index in [9.17, 15) is 8.42 Å². The van der Waals surface area contributed by atoms with Gasteiger partial charge in [0.15, 0.2) is 0 Å². The molecule has 0 spiro atoms. The molecule has 1 N–H and O–H groups in total. The predicted molar refractivity (Wildman–Crippen MR) is 81.1 cm³/mol. The van der Waals surface area contributed by atoms with Crippen LogP contribution in [0.25, 0.3) is 0 Å². The van der Waals surface area contributed by atoms with E-state index in [-0.39, 0.29) is 6.04 Å². The van der Waals surface area contributed by atoms with Crippen LogP contribution in [0.2, 0.25) is 0 Å². The largest absolute Gasteiger partial charge is 0.241 e. The van der Waals surface area contributed by atoms with E-state index in [1.165, 1.54) is 0 Å². The van der Waals surface area contributed by atoms with Crippen LogP contribution in [0.15, 0.2) is 53.4 Å². The molecule has 2 rings (SSSR count). The minimum absolute atomic E-state index is 0.262. The van der Waals surface area contributed by atoms with Crippen LogP contribution < -0.4 is 4.72 Å². The zero-order valence-electron chi connectivity index (χ0n) is 11.9. The first-order chi connectivity index (χ1) is 9.38. The van der Waals surface area contributed by atoms with Gasteiger partial charge in [-0.1, -0.05) is 47.5 Å². The number of hydrogen-bond donors (Lipinski definition) is 1. The van der Waals surface area contributed by atoms with Crippen molar-refractivity contribution in [1.29, 1.82) is 0 Å². The lowest BCUT2D eigenvalue weighted by atomic mass is 10.1. The van der Waals surface area contributed by atoms with Crippen molar-refractivity contribution in [1.82, 2.24) is 4.72 Å². The highest BCUT2D eigenvalue weighted by Gasteiger charge is 2.17. The molecular formula is C16H19NO2S. The molecule has 106 valence electrons. The number of aryl methyl sites for hydroxylation is 2. The molecule has 0 bridgehead atoms. The highest BCUT2D eigenvalue weighted by molar-refractivity contribution is 7.89. The van der Waals surface area contributed by atoms with Gasteiger partial charge in [0.2, 0.25) is 10.0 Å². The van der Waals surface area contributed by atoms with Crippen molar-refractivity contribution in [2.45, 2.75) is 31.7 Å². The van der Waals surface area contributed by atoms with E-state index in [0.717, 1.165) is 16.7 Å². The van der Waals surface area contributed by atoms with Crippen LogP contribution in [-0.4, -0.2) is 8.42 Å². The third-order valence-electron chi connectivity index (χ3n) is 3.24. The summed E-state index contributed by atoms with van der Waals surface area (Å²) in [6, 6.07) is 14.4. The van der Waals surface area contributed by atoms with Crippen molar-refractivity contribution in [3.05, 3.63) is 65.2 Å². The molecule has 0 heterocycles. The van der Waals surface area contributed by atoms with Crippen LogP contribution in [-0.2, 0) is 10.0 Å². The Bertz CT molecular complexity index is 673. The Morgan fingerprint density at radius 1 is 0.850 bits per heavy atom. The van der Waals surface area contributed by atoms with Crippen molar-refractivity contribution >= 4 is 10.0 Å². The van der Waals surface area contributed by atoms with Gasteiger partial charge in [0.25, 0.3) is 0 Å². The van der Waals surface area contributed by atoms with E-state index in [1.54, 1.807) is 24.3 Å². The molecule has 0 radical (unpaired) electrons. The van der Waals surface area contributed by atoms with Crippen LogP contribution in [0.4, 0.5) is 0 Å². The number of rotatable bonds is 4. The van der Waals surface area contributed by atoms with Crippen molar-refractivity contribution in [3.8, 4) is 0 Å². The van der Waals surface area contributed by atoms with Crippen LogP contribution in [0.3, 0.4) is 0 Å². The predicted octanol–water partition coefficient (Wildman–Crippen LogP) is 3.34. The molecule has 20 heavy (non-hydrogen) atoms. The minimum atomic E-state index is -3.48. The Morgan fingerprint density at radius 2 is 1.30 bits per heavy atom. The van der Waals surface area contributed by atoms with Crippen LogP contribution in [0.5, 0.6) is 0 Å². The van der Waals surface area contributed by atoms with Gasteiger partial charge in [-0.15, -0.1) is 0 Å². The lowest BCUT2D eigenvalue weighted by Gasteiger charge is -2.15. The van der Waals surface area contributed by atoms with Crippen LogP contribution >= 0.6 is 0 Å². The van der Waals surface area contributed by atoms with Gasteiger partial charge in [-0.25, -0.2) is 13.1 Å². The summed E-state index contributed by atoms with van der Waals surface area (Å²) >= 11 is 0. The maximum absolute atomic E-state index is 12.3. The molecule has 4 heteroatoms. The second-order valence-electron chi connectivity index (χ2n) is 5.07. The SMILES string of the molecule is Cc1ccc([C@@H](C)NS(=O)(=O)c2ccc(C)cc2)cc1. The van der Waals surface area contributed by atoms with Gasteiger partial charge in [0.05, 0.1) is 4.90 Å². The molecule has 0 unspecified atom stereocenters. The second kappa shape index (κ2) is 5.77. The van der Waals surface area contributed by atoms with Gasteiger partial charge in [-0.3, -0.25) is 0 Å². The fourth-order valence-corrected chi connectivity index (χ4v) is 3.17. The second-order valence-corrected chi connectivity index (χ2v) is 6.78. The Morgan fingerprint density at radius 3 is 1.80 bits per heavy atom. The molecular weight excluding hydrogens is 270 g/mol. The van der Waals surface area contributed by atoms with Crippen molar-refractivity contribution in [2.75, 3.05) is 0 Å². The average molecular weight is 289 g/mol. The van der Waals surface area contributed by atoms with Crippen molar-refractivity contribution < 1.29 is 8.42 Å². The molecule has 3 nitrogen and oxygen atoms in total. The monoisotopic (exact) mass is 289 g/mol. The molecule has 0 aliphatic carbocycles. The zero-order valence-corrected chi connectivity index (χ0v) is 12.7. The average Bonchev–Trinajstić information content (AvgIpc) is 2.39. The van der Waals surface area contributed by atoms with Crippen molar-refractivity contribution in [2.24, 2.45) is 0 Å². The Labute approximate surface area is 120 Å². The quantitative estimate of drug-likeness (QED) is 0.938. The van der Waals surface area contributed by atoms with Gasteiger partial charge < -0.3 is 0 Å². The topological polar surface area (TPSA) is 46.2 Å². The smallest absolute Gasteiger partial charge is 0.207 e. The summed E-state index contributed by atoms with van der Waals surface area (Å²) < 4.78 is 27.3. The summed E-state index contributed by atoms with van der Waals surface area (Å²) in [5, 5.41) is 0. The molecule has 2 aromatic carbocycles. The molecule has 0 saturated heterocycles. The first-order valence-electron chi connectivity index (χ1n) is 6.54. The summed E-state index contributed by atoms with van der Waals surface area (Å²) in [5.74, 6) is 0. The zero-order chi connectivity index (χ0) is 14.8. The van der Waals surface area contributed by atoms with E-state index in [1.807, 2.05) is 45.0 Å². The lowest BCUT2D eigenvalue weighted by molar-refractivity contribution is 0.567. The Hall–Kier alpha value is -1.65. The van der Waals surface area contributed by atoms with Gasteiger partial charge in [-0.2, -0.15) is 0 Å². The van der Waals surface area contributed by atoms with Crippen LogP contribution in [0.1, 0.15) is 29.7 Å². The fourth-order valence-electron chi connectivity index (χ4n) is 1.94. The third-order valence-corrected chi connectivity index (χ3v) is 4.80. The first-order valence-corrected chi connectivity index (χ1v) is 8.02. The van der Waals surface area contributed by atoms with E-state index in [4.69, 9.17) is 0 Å². The number of benzene rings is 2. The highest BCUT2D eigenvalue weighted by atomic mass is 32.2. The van der Waals surface area contributed by atoms with Gasteiger partial charge in [-0.05, 0) is 38.5 Å². The maximum atomic E-state index is 12.3. The fraction of sp³-hybridized carbons (Fsp3) is 0.250. The van der Waals surface area contributed by atoms with Gasteiger partial charge >= 0.3 is 0 Å². The summed E-state index contributed by atoms with van der Waals surface area (Å²) in [7, 11) is -3.48. The van der Waals surface area contributed by atoms with Crippen molar-refractivity contribution in [3.63, 3.8) is 0 Å². The first kappa shape index (κ1) is 14.8. The van der Waals surface area contributed by atoms with Gasteiger partial charge in [0, 0.05) is 6.04 Å². The minimum Gasteiger partial charge on any atom is -0.207 e. The molecule has 1 atom stereocenters. The highest BCUT2D eigenvalue weighted by Crippen LogP contribution is 2.17. The molecule has 0 aliphatic heterocycles. The summed E-state index contributed by atoms with van der Waals surface area (Å²) in [6.45, 7) is 5.78. The molecule has 0 saturated carbocycles. The van der Waals surface area contributed by atoms with Gasteiger partial charge in [0.1, 0.15) is 0 Å². The summed E-state index contributed by atoms with van der Waals surface area (Å²) in [4.78, 5) is 0.294. The van der Waals surface area contributed by atoms with E-state index in [0.29, 0.717) is 4.90 Å². The molecule has 0 amide bonds. The molecule has 2 aromatic rings. The number of hydrogen-bond acceptors (Lipinski definition) is 2. The number of sulfonamides is 1. The standard InChI is InChI=1S/C16H19NO2S/c1-12-4-8-15(9-5-12)14(3)17-20(18,19)16-10-6-13(2)7-11-16/h4-11,14,17H,1-3H3/t14-/m1/s1. The molecule has 0 aromatic heterocycles. The molecule has 0 fully saturated rings. The summed E-state index contributed by atoms with van der Waals surface area (Å²) in [5.41, 5.74) is 3.14. The molecule has 0 aliphatic rings. The maximum Gasteiger partial charge on any atom is 0.241 e. The van der Waals surface area contributed by atoms with E-state index in [2.05, 4.69) is 4.72 Å².